The van der Waals surface area contributed by atoms with Crippen molar-refractivity contribution in [2.75, 3.05) is 13.2 Å². The van der Waals surface area contributed by atoms with Gasteiger partial charge in [-0.05, 0) is 24.6 Å². The third-order valence-corrected chi connectivity index (χ3v) is 2.56. The molecule has 1 aromatic carbocycles. The van der Waals surface area contributed by atoms with Gasteiger partial charge in [0, 0.05) is 19.0 Å². The van der Waals surface area contributed by atoms with Crippen LogP contribution in [0.3, 0.4) is 0 Å². The molecule has 1 amide bonds. The number of carbonyl (C=O) groups excluding carboxylic acids is 1. The molecule has 19 heavy (non-hydrogen) atoms. The molecule has 0 aliphatic carbocycles. The minimum atomic E-state index is -0.421. The van der Waals surface area contributed by atoms with Crippen molar-refractivity contribution < 1.29 is 13.9 Å². The van der Waals surface area contributed by atoms with Gasteiger partial charge in [-0.3, -0.25) is 4.79 Å². The average Bonchev–Trinajstić information content (AvgIpc) is 2.38. The van der Waals surface area contributed by atoms with E-state index in [0.29, 0.717) is 18.7 Å². The van der Waals surface area contributed by atoms with Gasteiger partial charge in [0.1, 0.15) is 0 Å². The number of benzene rings is 1. The fourth-order valence-electron chi connectivity index (χ4n) is 1.40. The molecule has 0 spiro atoms. The Morgan fingerprint density at radius 1 is 1.53 bits per heavy atom. The zero-order valence-corrected chi connectivity index (χ0v) is 11.9. The molecule has 0 radical (unpaired) electrons. The Hall–Kier alpha value is -1.33. The maximum Gasteiger partial charge on any atom is 0.224 e. The molecular formula is C13H20ClFN2O2. The number of ether oxygens (including phenoxy) is 1. The molecule has 0 saturated carbocycles. The molecule has 0 aliphatic heterocycles. The van der Waals surface area contributed by atoms with Gasteiger partial charge in [-0.25, -0.2) is 4.39 Å². The molecule has 1 aromatic rings. The fraction of sp³-hybridized carbons (Fsp3) is 0.462. The van der Waals surface area contributed by atoms with Crippen LogP contribution < -0.4 is 15.8 Å². The monoisotopic (exact) mass is 290 g/mol. The molecular weight excluding hydrogens is 271 g/mol. The summed E-state index contributed by atoms with van der Waals surface area (Å²) in [5.74, 6) is -0.567. The second-order valence-electron chi connectivity index (χ2n) is 4.05. The van der Waals surface area contributed by atoms with E-state index >= 15 is 0 Å². The minimum Gasteiger partial charge on any atom is -0.491 e. The van der Waals surface area contributed by atoms with Crippen molar-refractivity contribution in [3.05, 3.63) is 29.6 Å². The highest BCUT2D eigenvalue weighted by Gasteiger charge is 2.10. The lowest BCUT2D eigenvalue weighted by atomic mass is 10.1. The van der Waals surface area contributed by atoms with Crippen LogP contribution in [0, 0.1) is 11.7 Å². The number of hydrogen-bond donors (Lipinski definition) is 2. The van der Waals surface area contributed by atoms with Crippen molar-refractivity contribution in [3.8, 4) is 5.75 Å². The van der Waals surface area contributed by atoms with Gasteiger partial charge in [0.25, 0.3) is 0 Å². The van der Waals surface area contributed by atoms with Crippen molar-refractivity contribution in [1.29, 1.82) is 0 Å². The SMILES string of the molecule is CCOc1ccc(CNC(=O)C(C)CN)cc1F.Cl. The first-order chi connectivity index (χ1) is 8.58. The van der Waals surface area contributed by atoms with Crippen LogP contribution in [0.5, 0.6) is 5.75 Å². The van der Waals surface area contributed by atoms with Gasteiger partial charge in [-0.15, -0.1) is 12.4 Å². The number of nitrogens with two attached hydrogens (primary N) is 1. The first-order valence-electron chi connectivity index (χ1n) is 5.97. The van der Waals surface area contributed by atoms with E-state index < -0.39 is 5.82 Å². The molecule has 0 heterocycles. The minimum absolute atomic E-state index is 0. The van der Waals surface area contributed by atoms with E-state index in [1.54, 1.807) is 26.0 Å². The Labute approximate surface area is 118 Å². The summed E-state index contributed by atoms with van der Waals surface area (Å²) in [5.41, 5.74) is 6.07. The molecule has 0 bridgehead atoms. The third-order valence-electron chi connectivity index (χ3n) is 2.56. The first-order valence-corrected chi connectivity index (χ1v) is 5.97. The van der Waals surface area contributed by atoms with Gasteiger partial charge >= 0.3 is 0 Å². The van der Waals surface area contributed by atoms with Crippen molar-refractivity contribution in [2.24, 2.45) is 11.7 Å². The molecule has 1 atom stereocenters. The molecule has 6 heteroatoms. The number of hydrogen-bond acceptors (Lipinski definition) is 3. The summed E-state index contributed by atoms with van der Waals surface area (Å²) in [7, 11) is 0. The average molecular weight is 291 g/mol. The third kappa shape index (κ3) is 5.44. The van der Waals surface area contributed by atoms with Crippen LogP contribution >= 0.6 is 12.4 Å². The van der Waals surface area contributed by atoms with Crippen molar-refractivity contribution in [1.82, 2.24) is 5.32 Å². The highest BCUT2D eigenvalue weighted by atomic mass is 35.5. The van der Waals surface area contributed by atoms with Gasteiger partial charge in [-0.2, -0.15) is 0 Å². The second-order valence-corrected chi connectivity index (χ2v) is 4.05. The lowest BCUT2D eigenvalue weighted by molar-refractivity contribution is -0.124. The predicted octanol–water partition coefficient (Wildman–Crippen LogP) is 1.86. The molecule has 3 N–H and O–H groups in total. The fourth-order valence-corrected chi connectivity index (χ4v) is 1.40. The zero-order valence-electron chi connectivity index (χ0n) is 11.1. The van der Waals surface area contributed by atoms with Crippen LogP contribution in [0.25, 0.3) is 0 Å². The van der Waals surface area contributed by atoms with E-state index in [1.807, 2.05) is 0 Å². The zero-order chi connectivity index (χ0) is 13.5. The molecule has 0 aromatic heterocycles. The lowest BCUT2D eigenvalue weighted by Crippen LogP contribution is -2.32. The van der Waals surface area contributed by atoms with E-state index in [9.17, 15) is 9.18 Å². The topological polar surface area (TPSA) is 64.3 Å². The van der Waals surface area contributed by atoms with Crippen molar-refractivity contribution in [2.45, 2.75) is 20.4 Å². The summed E-state index contributed by atoms with van der Waals surface area (Å²) < 4.78 is 18.6. The first kappa shape index (κ1) is 17.7. The van der Waals surface area contributed by atoms with E-state index in [0.717, 1.165) is 0 Å². The van der Waals surface area contributed by atoms with Crippen LogP contribution in [-0.4, -0.2) is 19.1 Å². The second kappa shape index (κ2) is 8.72. The molecule has 0 aliphatic rings. The Morgan fingerprint density at radius 3 is 2.74 bits per heavy atom. The van der Waals surface area contributed by atoms with E-state index in [4.69, 9.17) is 10.5 Å². The number of halogens is 2. The molecule has 1 rings (SSSR count). The Kier molecular flexibility index (Phi) is 8.11. The quantitative estimate of drug-likeness (QED) is 0.840. The summed E-state index contributed by atoms with van der Waals surface area (Å²) in [6, 6.07) is 4.65. The van der Waals surface area contributed by atoms with Gasteiger partial charge in [0.2, 0.25) is 5.91 Å². The van der Waals surface area contributed by atoms with E-state index in [1.165, 1.54) is 6.07 Å². The smallest absolute Gasteiger partial charge is 0.224 e. The summed E-state index contributed by atoms with van der Waals surface area (Å²) in [4.78, 5) is 11.5. The predicted molar refractivity (Wildman–Crippen MR) is 74.9 cm³/mol. The Morgan fingerprint density at radius 2 is 2.21 bits per heavy atom. The molecule has 0 saturated heterocycles. The highest BCUT2D eigenvalue weighted by Crippen LogP contribution is 2.18. The molecule has 1 unspecified atom stereocenters. The number of nitrogens with one attached hydrogen (secondary N) is 1. The largest absolute Gasteiger partial charge is 0.491 e. The van der Waals surface area contributed by atoms with Gasteiger partial charge < -0.3 is 15.8 Å². The molecule has 0 fully saturated rings. The van der Waals surface area contributed by atoms with Crippen LogP contribution in [0.15, 0.2) is 18.2 Å². The van der Waals surface area contributed by atoms with Gasteiger partial charge in [0.15, 0.2) is 11.6 Å². The summed E-state index contributed by atoms with van der Waals surface area (Å²) in [6.45, 7) is 4.53. The Bertz CT molecular complexity index is 416. The van der Waals surface area contributed by atoms with E-state index in [2.05, 4.69) is 5.32 Å². The standard InChI is InChI=1S/C13H19FN2O2.ClH/c1-3-18-12-5-4-10(6-11(12)14)8-16-13(17)9(2)7-15;/h4-6,9H,3,7-8,15H2,1-2H3,(H,16,17);1H. The normalized spacial score (nSPS) is 11.4. The van der Waals surface area contributed by atoms with Gasteiger partial charge in [-0.1, -0.05) is 13.0 Å². The molecule has 4 nitrogen and oxygen atoms in total. The van der Waals surface area contributed by atoms with Crippen molar-refractivity contribution in [3.63, 3.8) is 0 Å². The van der Waals surface area contributed by atoms with Crippen LogP contribution in [-0.2, 0) is 11.3 Å². The molecule has 108 valence electrons. The number of carbonyl (C=O) groups is 1. The number of rotatable bonds is 6. The summed E-state index contributed by atoms with van der Waals surface area (Å²) in [5, 5.41) is 2.70. The van der Waals surface area contributed by atoms with Crippen LogP contribution in [0.1, 0.15) is 19.4 Å². The van der Waals surface area contributed by atoms with Crippen LogP contribution in [0.4, 0.5) is 4.39 Å². The van der Waals surface area contributed by atoms with Crippen LogP contribution in [0.2, 0.25) is 0 Å². The summed E-state index contributed by atoms with van der Waals surface area (Å²) in [6.07, 6.45) is 0. The lowest BCUT2D eigenvalue weighted by Gasteiger charge is -2.11. The maximum absolute atomic E-state index is 13.5. The highest BCUT2D eigenvalue weighted by molar-refractivity contribution is 5.85. The van der Waals surface area contributed by atoms with E-state index in [-0.39, 0.29) is 36.5 Å². The number of amides is 1. The maximum atomic E-state index is 13.5. The summed E-state index contributed by atoms with van der Waals surface area (Å²) >= 11 is 0. The van der Waals surface area contributed by atoms with Gasteiger partial charge in [0.05, 0.1) is 6.61 Å². The van der Waals surface area contributed by atoms with Crippen molar-refractivity contribution >= 4 is 18.3 Å². The Balaban J connectivity index is 0.00000324.